The van der Waals surface area contributed by atoms with Gasteiger partial charge in [0.25, 0.3) is 0 Å². The summed E-state index contributed by atoms with van der Waals surface area (Å²) in [7, 11) is -4.26. The molecule has 0 aromatic heterocycles. The summed E-state index contributed by atoms with van der Waals surface area (Å²) in [6, 6.07) is 0. The lowest BCUT2D eigenvalue weighted by Gasteiger charge is -2.20. The van der Waals surface area contributed by atoms with Crippen LogP contribution in [0.2, 0.25) is 0 Å². The first kappa shape index (κ1) is 47.2. The molecule has 0 aliphatic carbocycles. The quantitative estimate of drug-likeness (QED) is 0.0286. The van der Waals surface area contributed by atoms with Crippen molar-refractivity contribution in [2.45, 2.75) is 155 Å². The number of phosphoric ester groups is 1. The number of ether oxygens (including phenoxy) is 2. The minimum atomic E-state index is -4.26. The third-order valence-corrected chi connectivity index (χ3v) is 8.68. The predicted molar refractivity (Wildman–Crippen MR) is 205 cm³/mol. The first-order valence-corrected chi connectivity index (χ1v) is 20.8. The highest BCUT2D eigenvalue weighted by Crippen LogP contribution is 2.43. The van der Waals surface area contributed by atoms with Crippen molar-refractivity contribution in [1.29, 1.82) is 0 Å². The lowest BCUT2D eigenvalue weighted by Crippen LogP contribution is -2.28. The molecule has 8 nitrogen and oxygen atoms in total. The van der Waals surface area contributed by atoms with Gasteiger partial charge in [0.05, 0.1) is 19.8 Å². The first-order valence-electron chi connectivity index (χ1n) is 19.3. The van der Waals surface area contributed by atoms with Gasteiger partial charge in [-0.15, -0.1) is 0 Å². The van der Waals surface area contributed by atoms with Gasteiger partial charge in [0.15, 0.2) is 0 Å². The molecule has 0 fully saturated rings. The fourth-order valence-electron chi connectivity index (χ4n) is 4.90. The maximum absolute atomic E-state index is 12.2. The molecule has 0 rings (SSSR count). The molecule has 3 N–H and O–H groups in total. The lowest BCUT2D eigenvalue weighted by atomic mass is 10.1. The first-order chi connectivity index (χ1) is 23.9. The fourth-order valence-corrected chi connectivity index (χ4v) is 5.67. The topological polar surface area (TPSA) is 117 Å². The molecule has 0 aromatic rings. The molecule has 9 heteroatoms. The van der Waals surface area contributed by atoms with Crippen LogP contribution in [0, 0.1) is 0 Å². The summed E-state index contributed by atoms with van der Waals surface area (Å²) in [4.78, 5) is 22.0. The number of allylic oxidation sites excluding steroid dienone is 10. The van der Waals surface area contributed by atoms with Crippen molar-refractivity contribution in [3.63, 3.8) is 0 Å². The number of unbranched alkanes of at least 4 members (excludes halogenated alkanes) is 13. The molecule has 0 aliphatic rings. The Morgan fingerprint density at radius 3 is 1.69 bits per heavy atom. The molecule has 0 amide bonds. The van der Waals surface area contributed by atoms with E-state index in [0.717, 1.165) is 70.6 Å². The lowest BCUT2D eigenvalue weighted by molar-refractivity contribution is -0.154. The molecule has 0 bridgehead atoms. The van der Waals surface area contributed by atoms with Gasteiger partial charge in [0.1, 0.15) is 6.10 Å². The zero-order valence-corrected chi connectivity index (χ0v) is 32.1. The van der Waals surface area contributed by atoms with Gasteiger partial charge in [-0.2, -0.15) is 0 Å². The highest BCUT2D eigenvalue weighted by molar-refractivity contribution is 7.47. The molecule has 2 atom stereocenters. The van der Waals surface area contributed by atoms with Gasteiger partial charge in [0, 0.05) is 19.6 Å². The molecule has 0 radical (unpaired) electrons. The predicted octanol–water partition coefficient (Wildman–Crippen LogP) is 11.0. The van der Waals surface area contributed by atoms with E-state index in [1.54, 1.807) is 0 Å². The number of carbonyl (C=O) groups is 1. The molecule has 2 unspecified atom stereocenters. The van der Waals surface area contributed by atoms with Gasteiger partial charge in [-0.1, -0.05) is 145 Å². The zero-order chi connectivity index (χ0) is 35.9. The van der Waals surface area contributed by atoms with Gasteiger partial charge in [-0.05, 0) is 57.8 Å². The highest BCUT2D eigenvalue weighted by Gasteiger charge is 2.25. The van der Waals surface area contributed by atoms with Gasteiger partial charge in [-0.25, -0.2) is 4.57 Å². The van der Waals surface area contributed by atoms with E-state index < -0.39 is 13.9 Å². The van der Waals surface area contributed by atoms with E-state index >= 15 is 0 Å². The standard InChI is InChI=1S/C40H72NO7P/c1-3-5-7-9-10-11-12-13-14-15-16-17-18-19-20-21-22-23-24-25-26-27-28-29-30-32-35-45-37-39(38-47-49(43,44)46-36-34-41)48-40(42)33-31-8-6-4-2/h5,7,10-11,13-14,16-17,19-20,39H,3-4,6,8-9,12,15,18,21-38,41H2,1-2H3,(H,43,44)/b7-5-,11-10-,14-13-,17-16-,20-19-. The van der Waals surface area contributed by atoms with Crippen LogP contribution in [0.3, 0.4) is 0 Å². The molecule has 49 heavy (non-hydrogen) atoms. The van der Waals surface area contributed by atoms with E-state index in [1.165, 1.54) is 57.8 Å². The van der Waals surface area contributed by atoms with Gasteiger partial charge in [0.2, 0.25) is 0 Å². The largest absolute Gasteiger partial charge is 0.472 e. The maximum Gasteiger partial charge on any atom is 0.472 e. The van der Waals surface area contributed by atoms with Crippen LogP contribution >= 0.6 is 7.82 Å². The Morgan fingerprint density at radius 1 is 0.633 bits per heavy atom. The number of esters is 1. The second-order valence-electron chi connectivity index (χ2n) is 12.4. The summed E-state index contributed by atoms with van der Waals surface area (Å²) < 4.78 is 33.0. The van der Waals surface area contributed by atoms with E-state index in [9.17, 15) is 14.3 Å². The second-order valence-corrected chi connectivity index (χ2v) is 13.9. The highest BCUT2D eigenvalue weighted by atomic mass is 31.2. The maximum atomic E-state index is 12.2. The van der Waals surface area contributed by atoms with E-state index in [1.807, 2.05) is 0 Å². The van der Waals surface area contributed by atoms with Crippen molar-refractivity contribution >= 4 is 13.8 Å². The molecule has 0 heterocycles. The van der Waals surface area contributed by atoms with E-state index in [4.69, 9.17) is 24.3 Å². The van der Waals surface area contributed by atoms with Crippen LogP contribution in [0.4, 0.5) is 0 Å². The van der Waals surface area contributed by atoms with E-state index in [-0.39, 0.29) is 32.3 Å². The summed E-state index contributed by atoms with van der Waals surface area (Å²) in [5, 5.41) is 0. The second kappa shape index (κ2) is 37.5. The number of nitrogens with two attached hydrogens (primary N) is 1. The molecule has 0 aliphatic heterocycles. The van der Waals surface area contributed by atoms with E-state index in [2.05, 4.69) is 74.6 Å². The minimum Gasteiger partial charge on any atom is -0.457 e. The summed E-state index contributed by atoms with van der Waals surface area (Å²) >= 11 is 0. The van der Waals surface area contributed by atoms with E-state index in [0.29, 0.717) is 13.0 Å². The SMILES string of the molecule is CC/C=C\C/C=C\C/C=C\C/C=C\C/C=C\CCCCCCCCCCCCOCC(COP(=O)(O)OCCN)OC(=O)CCCCCC. The Morgan fingerprint density at radius 2 is 1.14 bits per heavy atom. The van der Waals surface area contributed by atoms with Gasteiger partial charge in [-0.3, -0.25) is 13.8 Å². The van der Waals surface area contributed by atoms with Crippen LogP contribution in [0.1, 0.15) is 149 Å². The monoisotopic (exact) mass is 710 g/mol. The normalized spacial score (nSPS) is 14.3. The molecular formula is C40H72NO7P. The van der Waals surface area contributed by atoms with Crippen LogP contribution in [0.25, 0.3) is 0 Å². The van der Waals surface area contributed by atoms with Crippen molar-refractivity contribution in [1.82, 2.24) is 0 Å². The average Bonchev–Trinajstić information content (AvgIpc) is 3.09. The van der Waals surface area contributed by atoms with Crippen LogP contribution in [-0.2, 0) is 27.9 Å². The summed E-state index contributed by atoms with van der Waals surface area (Å²) in [5.41, 5.74) is 5.32. The van der Waals surface area contributed by atoms with Crippen molar-refractivity contribution < 1.29 is 32.8 Å². The molecular weight excluding hydrogens is 637 g/mol. The Balaban J connectivity index is 3.80. The Labute approximate surface area is 300 Å². The summed E-state index contributed by atoms with van der Waals surface area (Å²) in [6.07, 6.45) is 44.4. The Kier molecular flexibility index (Phi) is 36.1. The molecule has 0 saturated heterocycles. The Bertz CT molecular complexity index is 932. The molecule has 0 spiro atoms. The summed E-state index contributed by atoms with van der Waals surface area (Å²) in [6.45, 7) is 4.65. The Hall–Kier alpha value is -1.80. The van der Waals surface area contributed by atoms with Crippen LogP contribution in [0.5, 0.6) is 0 Å². The third-order valence-electron chi connectivity index (χ3n) is 7.70. The van der Waals surface area contributed by atoms with Crippen LogP contribution in [0.15, 0.2) is 60.8 Å². The molecule has 284 valence electrons. The third kappa shape index (κ3) is 37.3. The van der Waals surface area contributed by atoms with Crippen molar-refractivity contribution in [3.8, 4) is 0 Å². The van der Waals surface area contributed by atoms with Crippen molar-refractivity contribution in [3.05, 3.63) is 60.8 Å². The summed E-state index contributed by atoms with van der Waals surface area (Å²) in [5.74, 6) is -0.353. The number of carbonyl (C=O) groups excluding carboxylic acids is 1. The van der Waals surface area contributed by atoms with Gasteiger partial charge >= 0.3 is 13.8 Å². The van der Waals surface area contributed by atoms with Crippen LogP contribution < -0.4 is 5.73 Å². The van der Waals surface area contributed by atoms with Crippen molar-refractivity contribution in [2.24, 2.45) is 5.73 Å². The van der Waals surface area contributed by atoms with Crippen LogP contribution in [-0.4, -0.2) is 49.9 Å². The minimum absolute atomic E-state index is 0.0974. The number of hydrogen-bond donors (Lipinski definition) is 2. The number of hydrogen-bond acceptors (Lipinski definition) is 7. The fraction of sp³-hybridized carbons (Fsp3) is 0.725. The molecule has 0 saturated carbocycles. The molecule has 0 aromatic carbocycles. The van der Waals surface area contributed by atoms with Crippen molar-refractivity contribution in [2.75, 3.05) is 33.0 Å². The van der Waals surface area contributed by atoms with Gasteiger partial charge < -0.3 is 20.1 Å². The number of phosphoric acid groups is 1. The smallest absolute Gasteiger partial charge is 0.457 e. The average molecular weight is 710 g/mol. The zero-order valence-electron chi connectivity index (χ0n) is 31.2. The number of rotatable bonds is 36.